The molecule has 1 fully saturated rings. The van der Waals surface area contributed by atoms with Crippen molar-refractivity contribution in [2.45, 2.75) is 49.4 Å². The summed E-state index contributed by atoms with van der Waals surface area (Å²) in [7, 11) is 0. The molecule has 0 saturated carbocycles. The van der Waals surface area contributed by atoms with Crippen LogP contribution in [0.5, 0.6) is 0 Å². The normalized spacial score (nSPS) is 17.0. The summed E-state index contributed by atoms with van der Waals surface area (Å²) in [4.78, 5) is 16.1. The van der Waals surface area contributed by atoms with Crippen LogP contribution in [0.3, 0.4) is 0 Å². The Morgan fingerprint density at radius 1 is 1.12 bits per heavy atom. The van der Waals surface area contributed by atoms with Crippen molar-refractivity contribution < 1.29 is 4.79 Å². The molecule has 1 aliphatic heterocycles. The molecule has 1 aliphatic rings. The lowest BCUT2D eigenvalue weighted by atomic mass is 10.0. The van der Waals surface area contributed by atoms with Gasteiger partial charge in [-0.1, -0.05) is 48.0 Å². The van der Waals surface area contributed by atoms with E-state index in [9.17, 15) is 4.79 Å². The highest BCUT2D eigenvalue weighted by atomic mass is 32.2. The summed E-state index contributed by atoms with van der Waals surface area (Å²) >= 11 is 1.63. The van der Waals surface area contributed by atoms with Gasteiger partial charge in [-0.15, -0.1) is 11.8 Å². The number of thioether (sulfide) groups is 1. The molecule has 4 heteroatoms. The van der Waals surface area contributed by atoms with E-state index >= 15 is 0 Å². The van der Waals surface area contributed by atoms with Gasteiger partial charge in [-0.25, -0.2) is 0 Å². The SMILES string of the molecule is Cc1ccc(SC(C)C(=O)NC2CCN(Cc3ccccc3)CC2)cc1. The van der Waals surface area contributed by atoms with E-state index in [4.69, 9.17) is 0 Å². The minimum Gasteiger partial charge on any atom is -0.352 e. The largest absolute Gasteiger partial charge is 0.352 e. The van der Waals surface area contributed by atoms with Crippen LogP contribution in [0, 0.1) is 6.92 Å². The predicted octanol–water partition coefficient (Wildman–Crippen LogP) is 4.26. The molecule has 2 aromatic carbocycles. The molecule has 0 aromatic heterocycles. The summed E-state index contributed by atoms with van der Waals surface area (Å²) in [5.74, 6) is 0.150. The molecule has 0 spiro atoms. The highest BCUT2D eigenvalue weighted by molar-refractivity contribution is 8.00. The third-order valence-electron chi connectivity index (χ3n) is 4.89. The summed E-state index contributed by atoms with van der Waals surface area (Å²) in [6.07, 6.45) is 2.06. The van der Waals surface area contributed by atoms with Crippen LogP contribution in [0.25, 0.3) is 0 Å². The Hall–Kier alpha value is -1.78. The Morgan fingerprint density at radius 2 is 1.77 bits per heavy atom. The maximum atomic E-state index is 12.5. The molecular weight excluding hydrogens is 340 g/mol. The smallest absolute Gasteiger partial charge is 0.233 e. The van der Waals surface area contributed by atoms with E-state index in [2.05, 4.69) is 71.7 Å². The maximum Gasteiger partial charge on any atom is 0.233 e. The van der Waals surface area contributed by atoms with E-state index in [0.29, 0.717) is 6.04 Å². The monoisotopic (exact) mass is 368 g/mol. The van der Waals surface area contributed by atoms with Crippen LogP contribution in [0.4, 0.5) is 0 Å². The molecule has 2 aromatic rings. The van der Waals surface area contributed by atoms with E-state index in [1.807, 2.05) is 6.92 Å². The van der Waals surface area contributed by atoms with E-state index < -0.39 is 0 Å². The molecule has 0 bridgehead atoms. The fourth-order valence-corrected chi connectivity index (χ4v) is 4.15. The Kier molecular flexibility index (Phi) is 6.75. The zero-order valence-corrected chi connectivity index (χ0v) is 16.5. The molecule has 1 unspecified atom stereocenters. The topological polar surface area (TPSA) is 32.3 Å². The first-order valence-electron chi connectivity index (χ1n) is 9.40. The number of carbonyl (C=O) groups excluding carboxylic acids is 1. The van der Waals surface area contributed by atoms with Crippen molar-refractivity contribution in [3.8, 4) is 0 Å². The van der Waals surface area contributed by atoms with Gasteiger partial charge in [0.15, 0.2) is 0 Å². The molecule has 0 radical (unpaired) electrons. The number of piperidine rings is 1. The van der Waals surface area contributed by atoms with E-state index in [0.717, 1.165) is 37.4 Å². The molecule has 0 aliphatic carbocycles. The number of likely N-dealkylation sites (tertiary alicyclic amines) is 1. The number of rotatable bonds is 6. The van der Waals surface area contributed by atoms with Gasteiger partial charge >= 0.3 is 0 Å². The number of amides is 1. The Morgan fingerprint density at radius 3 is 2.42 bits per heavy atom. The molecule has 3 nitrogen and oxygen atoms in total. The van der Waals surface area contributed by atoms with Crippen molar-refractivity contribution in [3.05, 3.63) is 65.7 Å². The summed E-state index contributed by atoms with van der Waals surface area (Å²) in [5.41, 5.74) is 2.60. The van der Waals surface area contributed by atoms with Crippen LogP contribution in [0.1, 0.15) is 30.9 Å². The first-order chi connectivity index (χ1) is 12.6. The summed E-state index contributed by atoms with van der Waals surface area (Å²) in [6.45, 7) is 7.15. The minimum absolute atomic E-state index is 0.0694. The molecule has 3 rings (SSSR count). The van der Waals surface area contributed by atoms with Gasteiger partial charge in [0, 0.05) is 30.6 Å². The zero-order valence-electron chi connectivity index (χ0n) is 15.7. The fourth-order valence-electron chi connectivity index (χ4n) is 3.27. The van der Waals surface area contributed by atoms with Crippen molar-refractivity contribution in [2.75, 3.05) is 13.1 Å². The van der Waals surface area contributed by atoms with Crippen molar-refractivity contribution in [3.63, 3.8) is 0 Å². The number of hydrogen-bond donors (Lipinski definition) is 1. The van der Waals surface area contributed by atoms with Crippen molar-refractivity contribution in [1.82, 2.24) is 10.2 Å². The molecule has 138 valence electrons. The number of hydrogen-bond acceptors (Lipinski definition) is 3. The van der Waals surface area contributed by atoms with Crippen LogP contribution < -0.4 is 5.32 Å². The van der Waals surface area contributed by atoms with Crippen LogP contribution in [0.15, 0.2) is 59.5 Å². The van der Waals surface area contributed by atoms with E-state index in [-0.39, 0.29) is 11.2 Å². The van der Waals surface area contributed by atoms with Gasteiger partial charge < -0.3 is 5.32 Å². The van der Waals surface area contributed by atoms with Gasteiger partial charge in [0.1, 0.15) is 0 Å². The Balaban J connectivity index is 1.42. The van der Waals surface area contributed by atoms with E-state index in [1.54, 1.807) is 11.8 Å². The number of carbonyl (C=O) groups is 1. The summed E-state index contributed by atoms with van der Waals surface area (Å²) in [5, 5.41) is 3.18. The second-order valence-corrected chi connectivity index (χ2v) is 8.53. The van der Waals surface area contributed by atoms with Gasteiger partial charge in [-0.3, -0.25) is 9.69 Å². The second kappa shape index (κ2) is 9.24. The van der Waals surface area contributed by atoms with Crippen LogP contribution in [0.2, 0.25) is 0 Å². The van der Waals surface area contributed by atoms with Crippen LogP contribution in [-0.4, -0.2) is 35.2 Å². The van der Waals surface area contributed by atoms with Crippen LogP contribution >= 0.6 is 11.8 Å². The molecule has 1 N–H and O–H groups in total. The highest BCUT2D eigenvalue weighted by Gasteiger charge is 2.23. The number of nitrogens with zero attached hydrogens (tertiary/aromatic N) is 1. The van der Waals surface area contributed by atoms with Gasteiger partial charge in [0.25, 0.3) is 0 Å². The third kappa shape index (κ3) is 5.61. The molecular formula is C22H28N2OS. The lowest BCUT2D eigenvalue weighted by molar-refractivity contribution is -0.121. The summed E-state index contributed by atoms with van der Waals surface area (Å²) < 4.78 is 0. The first kappa shape index (κ1) is 19.0. The van der Waals surface area contributed by atoms with Gasteiger partial charge in [0.2, 0.25) is 5.91 Å². The number of nitrogens with one attached hydrogen (secondary N) is 1. The highest BCUT2D eigenvalue weighted by Crippen LogP contribution is 2.24. The van der Waals surface area contributed by atoms with Crippen LogP contribution in [-0.2, 0) is 11.3 Å². The molecule has 1 atom stereocenters. The average molecular weight is 369 g/mol. The van der Waals surface area contributed by atoms with Gasteiger partial charge in [0.05, 0.1) is 5.25 Å². The molecule has 1 heterocycles. The quantitative estimate of drug-likeness (QED) is 0.774. The summed E-state index contributed by atoms with van der Waals surface area (Å²) in [6, 6.07) is 19.3. The number of benzene rings is 2. The maximum absolute atomic E-state index is 12.5. The lowest BCUT2D eigenvalue weighted by Gasteiger charge is -2.32. The third-order valence-corrected chi connectivity index (χ3v) is 6.00. The minimum atomic E-state index is -0.0694. The average Bonchev–Trinajstić information content (AvgIpc) is 2.66. The Bertz CT molecular complexity index is 694. The van der Waals surface area contributed by atoms with Gasteiger partial charge in [-0.2, -0.15) is 0 Å². The second-order valence-electron chi connectivity index (χ2n) is 7.12. The Labute approximate surface area is 161 Å². The van der Waals surface area contributed by atoms with Gasteiger partial charge in [-0.05, 0) is 44.4 Å². The zero-order chi connectivity index (χ0) is 18.4. The molecule has 26 heavy (non-hydrogen) atoms. The standard InChI is InChI=1S/C22H28N2OS/c1-17-8-10-21(11-9-17)26-18(2)22(25)23-20-12-14-24(15-13-20)16-19-6-4-3-5-7-19/h3-11,18,20H,12-16H2,1-2H3,(H,23,25). The van der Waals surface area contributed by atoms with Crippen molar-refractivity contribution in [2.24, 2.45) is 0 Å². The number of aryl methyl sites for hydroxylation is 1. The lowest BCUT2D eigenvalue weighted by Crippen LogP contribution is -2.46. The molecule has 1 saturated heterocycles. The fraction of sp³-hybridized carbons (Fsp3) is 0.409. The van der Waals surface area contributed by atoms with E-state index in [1.165, 1.54) is 11.1 Å². The van der Waals surface area contributed by atoms with Crippen molar-refractivity contribution >= 4 is 17.7 Å². The molecule has 1 amide bonds. The van der Waals surface area contributed by atoms with Crippen molar-refractivity contribution in [1.29, 1.82) is 0 Å². The predicted molar refractivity (Wildman–Crippen MR) is 109 cm³/mol. The first-order valence-corrected chi connectivity index (χ1v) is 10.3.